The Balaban J connectivity index is 1.85. The quantitative estimate of drug-likeness (QED) is 0.854. The van der Waals surface area contributed by atoms with E-state index in [4.69, 9.17) is 0 Å². The second kappa shape index (κ2) is 6.12. The Labute approximate surface area is 106 Å². The lowest BCUT2D eigenvalue weighted by molar-refractivity contribution is -0.122. The molecule has 1 aromatic rings. The summed E-state index contributed by atoms with van der Waals surface area (Å²) in [5.41, 5.74) is 1.05. The van der Waals surface area contributed by atoms with Crippen LogP contribution in [0.1, 0.15) is 36.9 Å². The van der Waals surface area contributed by atoms with Crippen molar-refractivity contribution in [3.05, 3.63) is 16.1 Å². The van der Waals surface area contributed by atoms with Gasteiger partial charge < -0.3 is 10.6 Å². The maximum Gasteiger partial charge on any atom is 0.237 e. The van der Waals surface area contributed by atoms with Crippen LogP contribution in [0.4, 0.5) is 0 Å². The molecule has 2 N–H and O–H groups in total. The van der Waals surface area contributed by atoms with Crippen molar-refractivity contribution < 1.29 is 4.79 Å². The molecule has 1 atom stereocenters. The number of thiazole rings is 1. The molecule has 0 aliphatic carbocycles. The molecule has 1 amide bonds. The van der Waals surface area contributed by atoms with Gasteiger partial charge in [-0.05, 0) is 25.7 Å². The minimum Gasteiger partial charge on any atom is -0.355 e. The number of carbonyl (C=O) groups excluding carboxylic acids is 1. The predicted molar refractivity (Wildman–Crippen MR) is 69.0 cm³/mol. The van der Waals surface area contributed by atoms with E-state index in [-0.39, 0.29) is 11.9 Å². The second-order valence-corrected chi connectivity index (χ2v) is 5.25. The monoisotopic (exact) mass is 253 g/mol. The van der Waals surface area contributed by atoms with Gasteiger partial charge in [-0.15, -0.1) is 11.3 Å². The van der Waals surface area contributed by atoms with Gasteiger partial charge in [0.2, 0.25) is 5.91 Å². The van der Waals surface area contributed by atoms with Gasteiger partial charge >= 0.3 is 0 Å². The Morgan fingerprint density at radius 1 is 1.59 bits per heavy atom. The van der Waals surface area contributed by atoms with E-state index in [0.717, 1.165) is 42.9 Å². The molecule has 0 spiro atoms. The zero-order chi connectivity index (χ0) is 12.1. The van der Waals surface area contributed by atoms with E-state index in [1.807, 2.05) is 0 Å². The number of rotatable bonds is 4. The Kier molecular flexibility index (Phi) is 4.50. The first-order valence-corrected chi connectivity index (χ1v) is 7.12. The molecule has 1 fully saturated rings. The van der Waals surface area contributed by atoms with Crippen LogP contribution in [0.3, 0.4) is 0 Å². The van der Waals surface area contributed by atoms with E-state index in [1.165, 1.54) is 0 Å². The maximum atomic E-state index is 11.7. The van der Waals surface area contributed by atoms with E-state index in [9.17, 15) is 4.79 Å². The number of carbonyl (C=O) groups is 1. The third-order valence-electron chi connectivity index (χ3n) is 2.97. The number of nitrogens with zero attached hydrogens (tertiary/aromatic N) is 1. The number of aryl methyl sites for hydroxylation is 1. The van der Waals surface area contributed by atoms with Gasteiger partial charge in [-0.1, -0.05) is 6.92 Å². The summed E-state index contributed by atoms with van der Waals surface area (Å²) in [4.78, 5) is 16.2. The predicted octanol–water partition coefficient (Wildman–Crippen LogP) is 1.46. The Bertz CT molecular complexity index is 378. The topological polar surface area (TPSA) is 54.0 Å². The number of nitrogens with one attached hydrogen (secondary N) is 2. The van der Waals surface area contributed by atoms with Crippen molar-refractivity contribution in [3.8, 4) is 0 Å². The minimum absolute atomic E-state index is 0.0516. The molecule has 0 bridgehead atoms. The summed E-state index contributed by atoms with van der Waals surface area (Å²) in [5.74, 6) is 0.133. The van der Waals surface area contributed by atoms with E-state index < -0.39 is 0 Å². The third-order valence-corrected chi connectivity index (χ3v) is 4.01. The SMILES string of the molecule is CCc1nc(CN[C@H]2CCCCNC2=O)cs1. The Morgan fingerprint density at radius 3 is 3.24 bits per heavy atom. The molecule has 1 saturated heterocycles. The highest BCUT2D eigenvalue weighted by Gasteiger charge is 2.19. The highest BCUT2D eigenvalue weighted by molar-refractivity contribution is 7.09. The lowest BCUT2D eigenvalue weighted by Gasteiger charge is -2.13. The average molecular weight is 253 g/mol. The van der Waals surface area contributed by atoms with Gasteiger partial charge in [-0.2, -0.15) is 0 Å². The number of hydrogen-bond donors (Lipinski definition) is 2. The van der Waals surface area contributed by atoms with Crippen LogP contribution < -0.4 is 10.6 Å². The molecule has 5 heteroatoms. The van der Waals surface area contributed by atoms with E-state index in [1.54, 1.807) is 11.3 Å². The fraction of sp³-hybridized carbons (Fsp3) is 0.667. The zero-order valence-electron chi connectivity index (χ0n) is 10.2. The van der Waals surface area contributed by atoms with Crippen molar-refractivity contribution in [1.29, 1.82) is 0 Å². The van der Waals surface area contributed by atoms with Crippen LogP contribution in [0.2, 0.25) is 0 Å². The van der Waals surface area contributed by atoms with Crippen LogP contribution >= 0.6 is 11.3 Å². The molecular formula is C12H19N3OS. The molecule has 0 aromatic carbocycles. The first kappa shape index (κ1) is 12.5. The maximum absolute atomic E-state index is 11.7. The molecule has 1 aliphatic heterocycles. The van der Waals surface area contributed by atoms with Crippen LogP contribution in [0, 0.1) is 0 Å². The van der Waals surface area contributed by atoms with Gasteiger partial charge in [-0.25, -0.2) is 4.98 Å². The van der Waals surface area contributed by atoms with Crippen LogP contribution in [0.5, 0.6) is 0 Å². The van der Waals surface area contributed by atoms with E-state index >= 15 is 0 Å². The lowest BCUT2D eigenvalue weighted by atomic mass is 10.1. The molecule has 0 saturated carbocycles. The van der Waals surface area contributed by atoms with Crippen LogP contribution in [-0.4, -0.2) is 23.5 Å². The summed E-state index contributed by atoms with van der Waals surface area (Å²) in [7, 11) is 0. The van der Waals surface area contributed by atoms with Gasteiger partial charge in [0.25, 0.3) is 0 Å². The molecule has 94 valence electrons. The second-order valence-electron chi connectivity index (χ2n) is 4.31. The summed E-state index contributed by atoms with van der Waals surface area (Å²) in [6.07, 6.45) is 4.10. The van der Waals surface area contributed by atoms with E-state index in [0.29, 0.717) is 6.54 Å². The van der Waals surface area contributed by atoms with Crippen molar-refractivity contribution in [2.45, 2.75) is 45.2 Å². The lowest BCUT2D eigenvalue weighted by Crippen LogP contribution is -2.42. The summed E-state index contributed by atoms with van der Waals surface area (Å²) in [5, 5.41) is 9.45. The largest absolute Gasteiger partial charge is 0.355 e. The fourth-order valence-corrected chi connectivity index (χ4v) is 2.70. The summed E-state index contributed by atoms with van der Waals surface area (Å²) < 4.78 is 0. The number of amides is 1. The van der Waals surface area contributed by atoms with Crippen molar-refractivity contribution in [2.24, 2.45) is 0 Å². The van der Waals surface area contributed by atoms with Gasteiger partial charge in [0, 0.05) is 18.5 Å². The van der Waals surface area contributed by atoms with Crippen LogP contribution in [-0.2, 0) is 17.8 Å². The molecule has 0 radical (unpaired) electrons. The van der Waals surface area contributed by atoms with Crippen LogP contribution in [0.15, 0.2) is 5.38 Å². The first-order valence-electron chi connectivity index (χ1n) is 6.24. The normalized spacial score (nSPS) is 21.0. The molecule has 2 heterocycles. The van der Waals surface area contributed by atoms with Crippen molar-refractivity contribution in [1.82, 2.24) is 15.6 Å². The third kappa shape index (κ3) is 3.51. The molecule has 0 unspecified atom stereocenters. The average Bonchev–Trinajstić information content (AvgIpc) is 2.70. The highest BCUT2D eigenvalue weighted by atomic mass is 32.1. The van der Waals surface area contributed by atoms with E-state index in [2.05, 4.69) is 27.9 Å². The molecule has 17 heavy (non-hydrogen) atoms. The first-order chi connectivity index (χ1) is 8.29. The zero-order valence-corrected chi connectivity index (χ0v) is 11.0. The molecular weight excluding hydrogens is 234 g/mol. The van der Waals surface area contributed by atoms with Gasteiger partial charge in [0.1, 0.15) is 0 Å². The molecule has 4 nitrogen and oxygen atoms in total. The van der Waals surface area contributed by atoms with Gasteiger partial charge in [-0.3, -0.25) is 4.79 Å². The van der Waals surface area contributed by atoms with Gasteiger partial charge in [0.15, 0.2) is 0 Å². The van der Waals surface area contributed by atoms with Crippen molar-refractivity contribution in [3.63, 3.8) is 0 Å². The number of hydrogen-bond acceptors (Lipinski definition) is 4. The minimum atomic E-state index is -0.0516. The summed E-state index contributed by atoms with van der Waals surface area (Å²) in [6.45, 7) is 3.61. The fourth-order valence-electron chi connectivity index (χ4n) is 1.95. The van der Waals surface area contributed by atoms with Gasteiger partial charge in [0.05, 0.1) is 16.7 Å². The summed E-state index contributed by atoms with van der Waals surface area (Å²) >= 11 is 1.69. The molecule has 1 aromatic heterocycles. The van der Waals surface area contributed by atoms with Crippen molar-refractivity contribution in [2.75, 3.05) is 6.54 Å². The number of aromatic nitrogens is 1. The summed E-state index contributed by atoms with van der Waals surface area (Å²) in [6, 6.07) is -0.0516. The Morgan fingerprint density at radius 2 is 2.47 bits per heavy atom. The standard InChI is InChI=1S/C12H19N3OS/c1-2-11-15-9(8-17-11)7-14-10-5-3-4-6-13-12(10)16/h8,10,14H,2-7H2,1H3,(H,13,16)/t10-/m0/s1. The highest BCUT2D eigenvalue weighted by Crippen LogP contribution is 2.11. The molecule has 2 rings (SSSR count). The molecule has 1 aliphatic rings. The van der Waals surface area contributed by atoms with Crippen LogP contribution in [0.25, 0.3) is 0 Å². The Hall–Kier alpha value is -0.940. The smallest absolute Gasteiger partial charge is 0.237 e. The van der Waals surface area contributed by atoms with Crippen molar-refractivity contribution >= 4 is 17.2 Å².